The molecule has 0 bridgehead atoms. The molecule has 0 saturated carbocycles. The Hall–Kier alpha value is -1.21. The lowest BCUT2D eigenvalue weighted by Gasteiger charge is -2.34. The highest BCUT2D eigenvalue weighted by Crippen LogP contribution is 2.10. The summed E-state index contributed by atoms with van der Waals surface area (Å²) in [7, 11) is 0. The minimum Gasteiger partial charge on any atom is -0.491 e. The number of likely N-dealkylation sites (N-methyl/N-ethyl adjacent to an activating group) is 1. The smallest absolute Gasteiger partial charge is 0.123 e. The van der Waals surface area contributed by atoms with Crippen molar-refractivity contribution < 1.29 is 19.0 Å². The van der Waals surface area contributed by atoms with Gasteiger partial charge in [0.25, 0.3) is 0 Å². The van der Waals surface area contributed by atoms with Crippen LogP contribution in [-0.4, -0.2) is 80.1 Å². The van der Waals surface area contributed by atoms with Crippen LogP contribution in [0.15, 0.2) is 24.3 Å². The summed E-state index contributed by atoms with van der Waals surface area (Å²) < 4.78 is 23.6. The molecule has 1 heterocycles. The second-order valence-corrected chi connectivity index (χ2v) is 5.77. The van der Waals surface area contributed by atoms with Crippen molar-refractivity contribution in [3.63, 3.8) is 0 Å². The first-order valence-electron chi connectivity index (χ1n) is 8.26. The monoisotopic (exact) mass is 326 g/mol. The summed E-state index contributed by atoms with van der Waals surface area (Å²) >= 11 is 0. The van der Waals surface area contributed by atoms with Crippen LogP contribution in [-0.2, 0) is 4.74 Å². The molecule has 6 heteroatoms. The van der Waals surface area contributed by atoms with Crippen LogP contribution in [0.2, 0.25) is 0 Å². The van der Waals surface area contributed by atoms with Crippen molar-refractivity contribution in [2.24, 2.45) is 0 Å². The summed E-state index contributed by atoms with van der Waals surface area (Å²) in [4.78, 5) is 4.68. The highest BCUT2D eigenvalue weighted by Gasteiger charge is 2.18. The summed E-state index contributed by atoms with van der Waals surface area (Å²) in [6, 6.07) is 5.89. The van der Waals surface area contributed by atoms with E-state index in [0.717, 1.165) is 32.7 Å². The molecule has 1 aromatic carbocycles. The molecule has 130 valence electrons. The van der Waals surface area contributed by atoms with Gasteiger partial charge in [-0.05, 0) is 30.8 Å². The van der Waals surface area contributed by atoms with E-state index in [9.17, 15) is 9.50 Å². The van der Waals surface area contributed by atoms with Crippen LogP contribution in [0.4, 0.5) is 4.39 Å². The minimum absolute atomic E-state index is 0.281. The Kier molecular flexibility index (Phi) is 7.74. The quantitative estimate of drug-likeness (QED) is 0.692. The molecule has 23 heavy (non-hydrogen) atoms. The maximum atomic E-state index is 12.7. The van der Waals surface area contributed by atoms with Crippen LogP contribution in [0.25, 0.3) is 0 Å². The van der Waals surface area contributed by atoms with E-state index in [1.54, 1.807) is 12.1 Å². The van der Waals surface area contributed by atoms with E-state index >= 15 is 0 Å². The van der Waals surface area contributed by atoms with Crippen LogP contribution < -0.4 is 4.74 Å². The first-order valence-corrected chi connectivity index (χ1v) is 8.26. The predicted octanol–water partition coefficient (Wildman–Crippen LogP) is 1.22. The summed E-state index contributed by atoms with van der Waals surface area (Å²) in [6.45, 7) is 9.13. The average molecular weight is 326 g/mol. The fourth-order valence-electron chi connectivity index (χ4n) is 2.61. The van der Waals surface area contributed by atoms with Gasteiger partial charge in [-0.25, -0.2) is 4.39 Å². The van der Waals surface area contributed by atoms with Crippen molar-refractivity contribution in [2.75, 3.05) is 59.1 Å². The first kappa shape index (κ1) is 18.1. The van der Waals surface area contributed by atoms with E-state index < -0.39 is 6.10 Å². The molecule has 1 aromatic rings. The predicted molar refractivity (Wildman–Crippen MR) is 87.3 cm³/mol. The SMILES string of the molecule is CCN1CCN(CC(O)COCCOc2ccc(F)cc2)CC1. The van der Waals surface area contributed by atoms with Gasteiger partial charge in [-0.1, -0.05) is 6.92 Å². The Balaban J connectivity index is 1.51. The number of ether oxygens (including phenoxy) is 2. The lowest BCUT2D eigenvalue weighted by Crippen LogP contribution is -2.48. The van der Waals surface area contributed by atoms with E-state index in [2.05, 4.69) is 16.7 Å². The molecule has 0 aromatic heterocycles. The zero-order valence-corrected chi connectivity index (χ0v) is 13.8. The van der Waals surface area contributed by atoms with E-state index in [4.69, 9.17) is 9.47 Å². The van der Waals surface area contributed by atoms with Gasteiger partial charge in [0.2, 0.25) is 0 Å². The number of halogens is 1. The third-order valence-corrected chi connectivity index (χ3v) is 4.00. The summed E-state index contributed by atoms with van der Waals surface area (Å²) in [5.41, 5.74) is 0. The molecule has 1 fully saturated rings. The zero-order valence-electron chi connectivity index (χ0n) is 13.8. The molecule has 0 amide bonds. The summed E-state index contributed by atoms with van der Waals surface area (Å²) in [6.07, 6.45) is -0.478. The van der Waals surface area contributed by atoms with E-state index in [0.29, 0.717) is 32.1 Å². The van der Waals surface area contributed by atoms with Crippen molar-refractivity contribution in [3.05, 3.63) is 30.1 Å². The van der Waals surface area contributed by atoms with Crippen molar-refractivity contribution in [1.82, 2.24) is 9.80 Å². The highest BCUT2D eigenvalue weighted by atomic mass is 19.1. The molecule has 1 N–H and O–H groups in total. The number of β-amino-alcohol motifs (C(OH)–C–C–N with tert-alkyl or cyclic N) is 1. The number of nitrogens with zero attached hydrogens (tertiary/aromatic N) is 2. The first-order chi connectivity index (χ1) is 11.2. The Morgan fingerprint density at radius 1 is 1.09 bits per heavy atom. The largest absolute Gasteiger partial charge is 0.491 e. The number of benzene rings is 1. The second kappa shape index (κ2) is 9.82. The number of piperazine rings is 1. The van der Waals surface area contributed by atoms with Gasteiger partial charge in [0.1, 0.15) is 18.2 Å². The molecular weight excluding hydrogens is 299 g/mol. The molecule has 1 aliphatic rings. The molecule has 0 radical (unpaired) electrons. The van der Waals surface area contributed by atoms with E-state index in [1.807, 2.05) is 0 Å². The van der Waals surface area contributed by atoms with Gasteiger partial charge in [-0.15, -0.1) is 0 Å². The average Bonchev–Trinajstić information content (AvgIpc) is 2.57. The lowest BCUT2D eigenvalue weighted by molar-refractivity contribution is 0.000386. The number of hydrogen-bond acceptors (Lipinski definition) is 5. The Labute approximate surface area is 137 Å². The van der Waals surface area contributed by atoms with Crippen molar-refractivity contribution in [1.29, 1.82) is 0 Å². The zero-order chi connectivity index (χ0) is 16.5. The summed E-state index contributed by atoms with van der Waals surface area (Å²) in [5, 5.41) is 10.0. The Bertz CT molecular complexity index is 436. The third-order valence-electron chi connectivity index (χ3n) is 4.00. The van der Waals surface area contributed by atoms with Crippen molar-refractivity contribution in [3.8, 4) is 5.75 Å². The van der Waals surface area contributed by atoms with Gasteiger partial charge in [0, 0.05) is 32.7 Å². The Morgan fingerprint density at radius 3 is 2.39 bits per heavy atom. The fraction of sp³-hybridized carbons (Fsp3) is 0.647. The van der Waals surface area contributed by atoms with Crippen LogP contribution in [0, 0.1) is 5.82 Å². The molecule has 1 atom stereocenters. The third kappa shape index (κ3) is 6.83. The molecule has 1 unspecified atom stereocenters. The summed E-state index contributed by atoms with van der Waals surface area (Å²) in [5.74, 6) is 0.334. The van der Waals surface area contributed by atoms with Crippen molar-refractivity contribution in [2.45, 2.75) is 13.0 Å². The Morgan fingerprint density at radius 2 is 1.74 bits per heavy atom. The van der Waals surface area contributed by atoms with Crippen LogP contribution in [0.1, 0.15) is 6.92 Å². The van der Waals surface area contributed by atoms with Crippen molar-refractivity contribution >= 4 is 0 Å². The molecule has 1 aliphatic heterocycles. The lowest BCUT2D eigenvalue weighted by atomic mass is 10.2. The van der Waals surface area contributed by atoms with Crippen LogP contribution in [0.3, 0.4) is 0 Å². The normalized spacial score (nSPS) is 18.0. The van der Waals surface area contributed by atoms with Gasteiger partial charge in [-0.3, -0.25) is 4.90 Å². The number of hydrogen-bond donors (Lipinski definition) is 1. The van der Waals surface area contributed by atoms with Gasteiger partial charge >= 0.3 is 0 Å². The highest BCUT2D eigenvalue weighted by molar-refractivity contribution is 5.21. The maximum Gasteiger partial charge on any atom is 0.123 e. The molecular formula is C17H27FN2O3. The fourth-order valence-corrected chi connectivity index (χ4v) is 2.61. The topological polar surface area (TPSA) is 45.2 Å². The van der Waals surface area contributed by atoms with Gasteiger partial charge in [0.15, 0.2) is 0 Å². The number of aliphatic hydroxyl groups is 1. The van der Waals surface area contributed by atoms with E-state index in [-0.39, 0.29) is 5.82 Å². The van der Waals surface area contributed by atoms with Gasteiger partial charge < -0.3 is 19.5 Å². The standard InChI is InChI=1S/C17H27FN2O3/c1-2-19-7-9-20(10-8-19)13-16(21)14-22-11-12-23-17-5-3-15(18)4-6-17/h3-6,16,21H,2,7-14H2,1H3. The number of aliphatic hydroxyl groups excluding tert-OH is 1. The second-order valence-electron chi connectivity index (χ2n) is 5.77. The molecule has 2 rings (SSSR count). The van der Waals surface area contributed by atoms with Gasteiger partial charge in [0.05, 0.1) is 19.3 Å². The maximum absolute atomic E-state index is 12.7. The molecule has 5 nitrogen and oxygen atoms in total. The van der Waals surface area contributed by atoms with Crippen LogP contribution >= 0.6 is 0 Å². The van der Waals surface area contributed by atoms with Gasteiger partial charge in [-0.2, -0.15) is 0 Å². The molecule has 0 spiro atoms. The molecule has 0 aliphatic carbocycles. The van der Waals surface area contributed by atoms with Crippen LogP contribution in [0.5, 0.6) is 5.75 Å². The van der Waals surface area contributed by atoms with E-state index in [1.165, 1.54) is 12.1 Å². The minimum atomic E-state index is -0.478. The molecule has 1 saturated heterocycles. The number of rotatable bonds is 9.